The highest BCUT2D eigenvalue weighted by Gasteiger charge is 2.17. The van der Waals surface area contributed by atoms with Gasteiger partial charge in [0.25, 0.3) is 0 Å². The maximum atomic E-state index is 13.3. The second kappa shape index (κ2) is 11.0. The number of carboxylic acids is 1. The SMILES string of the molecule is Cc1ccc(Cn2c(=O)n(C[C@H](C)C(=O)O)c(=O)[nH]/c2=N\c2ccc(OCC(C)C)c(C)c2)cc1. The topological polar surface area (TPSA) is 119 Å². The zero-order valence-corrected chi connectivity index (χ0v) is 20.7. The molecule has 9 heteroatoms. The van der Waals surface area contributed by atoms with E-state index < -0.39 is 23.3 Å². The highest BCUT2D eigenvalue weighted by molar-refractivity contribution is 5.69. The molecule has 3 rings (SSSR count). The van der Waals surface area contributed by atoms with Crippen molar-refractivity contribution in [1.29, 1.82) is 0 Å². The van der Waals surface area contributed by atoms with E-state index in [0.29, 0.717) is 18.2 Å². The standard InChI is InChI=1S/C26H32N4O5/c1-16(2)15-35-22-11-10-21(12-18(22)4)27-24-28-25(33)30(13-19(5)23(31)32)26(34)29(24)14-20-8-6-17(3)7-9-20/h6-12,16,19H,13-15H2,1-5H3,(H,31,32)(H,27,28,33)/t19-/m0/s1. The van der Waals surface area contributed by atoms with E-state index in [-0.39, 0.29) is 18.7 Å². The van der Waals surface area contributed by atoms with Crippen molar-refractivity contribution in [3.63, 3.8) is 0 Å². The van der Waals surface area contributed by atoms with E-state index in [2.05, 4.69) is 23.8 Å². The average Bonchev–Trinajstić information content (AvgIpc) is 2.79. The lowest BCUT2D eigenvalue weighted by Crippen LogP contribution is -2.51. The van der Waals surface area contributed by atoms with Gasteiger partial charge in [-0.1, -0.05) is 50.6 Å². The van der Waals surface area contributed by atoms with E-state index in [1.54, 1.807) is 6.07 Å². The molecule has 0 aliphatic heterocycles. The van der Waals surface area contributed by atoms with Crippen LogP contribution < -0.4 is 21.7 Å². The number of benzene rings is 2. The van der Waals surface area contributed by atoms with Gasteiger partial charge >= 0.3 is 17.3 Å². The van der Waals surface area contributed by atoms with Crippen LogP contribution in [0.4, 0.5) is 5.69 Å². The van der Waals surface area contributed by atoms with Gasteiger partial charge in [0, 0.05) is 6.54 Å². The summed E-state index contributed by atoms with van der Waals surface area (Å²) in [6.45, 7) is 9.96. The number of H-pyrrole nitrogens is 1. The number of rotatable bonds is 9. The molecule has 35 heavy (non-hydrogen) atoms. The van der Waals surface area contributed by atoms with Crippen LogP contribution >= 0.6 is 0 Å². The Hall–Kier alpha value is -3.88. The van der Waals surface area contributed by atoms with Gasteiger partial charge in [0.2, 0.25) is 5.62 Å². The third-order valence-electron chi connectivity index (χ3n) is 5.49. The van der Waals surface area contributed by atoms with Crippen LogP contribution in [0.25, 0.3) is 0 Å². The van der Waals surface area contributed by atoms with E-state index >= 15 is 0 Å². The number of ether oxygens (including phenoxy) is 1. The third kappa shape index (κ3) is 6.59. The minimum absolute atomic E-state index is 0.0788. The van der Waals surface area contributed by atoms with Gasteiger partial charge in [0.1, 0.15) is 5.75 Å². The first-order chi connectivity index (χ1) is 16.5. The molecule has 0 saturated carbocycles. The summed E-state index contributed by atoms with van der Waals surface area (Å²) in [6.07, 6.45) is 0. The molecule has 3 aromatic rings. The minimum atomic E-state index is -1.09. The summed E-state index contributed by atoms with van der Waals surface area (Å²) in [5.41, 5.74) is 2.08. The predicted molar refractivity (Wildman–Crippen MR) is 133 cm³/mol. The van der Waals surface area contributed by atoms with Gasteiger partial charge in [-0.2, -0.15) is 0 Å². The lowest BCUT2D eigenvalue weighted by Gasteiger charge is -2.13. The van der Waals surface area contributed by atoms with E-state index in [0.717, 1.165) is 27.0 Å². The fourth-order valence-electron chi connectivity index (χ4n) is 3.42. The number of aryl methyl sites for hydroxylation is 2. The second-order valence-corrected chi connectivity index (χ2v) is 9.22. The van der Waals surface area contributed by atoms with Crippen LogP contribution in [0.5, 0.6) is 5.75 Å². The lowest BCUT2D eigenvalue weighted by atomic mass is 10.1. The lowest BCUT2D eigenvalue weighted by molar-refractivity contribution is -0.141. The van der Waals surface area contributed by atoms with Crippen LogP contribution in [-0.4, -0.2) is 31.8 Å². The molecule has 9 nitrogen and oxygen atoms in total. The molecule has 0 saturated heterocycles. The van der Waals surface area contributed by atoms with Crippen molar-refractivity contribution in [3.05, 3.63) is 85.7 Å². The Kier molecular flexibility index (Phi) is 8.11. The molecular formula is C26H32N4O5. The van der Waals surface area contributed by atoms with Crippen molar-refractivity contribution >= 4 is 11.7 Å². The first-order valence-corrected chi connectivity index (χ1v) is 11.6. The number of hydrogen-bond donors (Lipinski definition) is 2. The van der Waals surface area contributed by atoms with Gasteiger partial charge in [-0.05, 0) is 49.1 Å². The van der Waals surface area contributed by atoms with Crippen molar-refractivity contribution in [2.45, 2.75) is 47.7 Å². The summed E-state index contributed by atoms with van der Waals surface area (Å²) in [5.74, 6) is -0.868. The average molecular weight is 481 g/mol. The van der Waals surface area contributed by atoms with E-state index in [1.807, 2.05) is 50.2 Å². The molecule has 1 atom stereocenters. The van der Waals surface area contributed by atoms with Crippen LogP contribution in [0.1, 0.15) is 37.5 Å². The first kappa shape index (κ1) is 25.7. The molecule has 0 aliphatic rings. The number of carbonyl (C=O) groups is 1. The molecule has 0 fully saturated rings. The van der Waals surface area contributed by atoms with E-state index in [1.165, 1.54) is 11.5 Å². The second-order valence-electron chi connectivity index (χ2n) is 9.22. The summed E-state index contributed by atoms with van der Waals surface area (Å²) in [6, 6.07) is 13.1. The molecule has 186 valence electrons. The zero-order chi connectivity index (χ0) is 25.7. The van der Waals surface area contributed by atoms with Crippen molar-refractivity contribution < 1.29 is 14.6 Å². The van der Waals surface area contributed by atoms with Gasteiger partial charge < -0.3 is 9.84 Å². The fraction of sp³-hybridized carbons (Fsp3) is 0.385. The molecule has 2 aromatic carbocycles. The summed E-state index contributed by atoms with van der Waals surface area (Å²) in [5, 5.41) is 9.26. The molecule has 0 radical (unpaired) electrons. The van der Waals surface area contributed by atoms with Crippen LogP contribution in [0.3, 0.4) is 0 Å². The van der Waals surface area contributed by atoms with Crippen LogP contribution in [0.2, 0.25) is 0 Å². The Balaban J connectivity index is 2.12. The largest absolute Gasteiger partial charge is 0.493 e. The first-order valence-electron chi connectivity index (χ1n) is 11.6. The number of aromatic amines is 1. The summed E-state index contributed by atoms with van der Waals surface area (Å²) < 4.78 is 8.07. The molecule has 0 unspecified atom stereocenters. The maximum Gasteiger partial charge on any atom is 0.335 e. The van der Waals surface area contributed by atoms with Gasteiger partial charge in [-0.15, -0.1) is 0 Å². The predicted octanol–water partition coefficient (Wildman–Crippen LogP) is 2.99. The molecule has 2 N–H and O–H groups in total. The Morgan fingerprint density at radius 1 is 1.06 bits per heavy atom. The number of aliphatic carboxylic acids is 1. The van der Waals surface area contributed by atoms with Crippen LogP contribution in [0, 0.1) is 25.7 Å². The van der Waals surface area contributed by atoms with Crippen LogP contribution in [0.15, 0.2) is 57.0 Å². The quantitative estimate of drug-likeness (QED) is 0.488. The van der Waals surface area contributed by atoms with Crippen molar-refractivity contribution in [2.75, 3.05) is 6.61 Å². The van der Waals surface area contributed by atoms with Gasteiger partial charge in [-0.3, -0.25) is 14.3 Å². The number of carboxylic acid groups (broad SMARTS) is 1. The monoisotopic (exact) mass is 480 g/mol. The Labute approximate surface area is 203 Å². The summed E-state index contributed by atoms with van der Waals surface area (Å²) in [4.78, 5) is 44.6. The van der Waals surface area contributed by atoms with Gasteiger partial charge in [0.05, 0.1) is 24.8 Å². The number of hydrogen-bond acceptors (Lipinski definition) is 5. The molecule has 1 heterocycles. The highest BCUT2D eigenvalue weighted by Crippen LogP contribution is 2.23. The Morgan fingerprint density at radius 2 is 1.74 bits per heavy atom. The molecule has 0 aliphatic carbocycles. The molecule has 1 aromatic heterocycles. The summed E-state index contributed by atoms with van der Waals surface area (Å²) in [7, 11) is 0. The van der Waals surface area contributed by atoms with Crippen molar-refractivity contribution in [1.82, 2.24) is 14.1 Å². The summed E-state index contributed by atoms with van der Waals surface area (Å²) >= 11 is 0. The van der Waals surface area contributed by atoms with E-state index in [4.69, 9.17) is 4.74 Å². The fourth-order valence-corrected chi connectivity index (χ4v) is 3.42. The third-order valence-corrected chi connectivity index (χ3v) is 5.49. The maximum absolute atomic E-state index is 13.3. The highest BCUT2D eigenvalue weighted by atomic mass is 16.5. The number of aromatic nitrogens is 3. The van der Waals surface area contributed by atoms with Crippen molar-refractivity contribution in [2.24, 2.45) is 16.8 Å². The van der Waals surface area contributed by atoms with Gasteiger partial charge in [-0.25, -0.2) is 19.1 Å². The molecular weight excluding hydrogens is 448 g/mol. The Morgan fingerprint density at radius 3 is 2.34 bits per heavy atom. The number of nitrogens with one attached hydrogen (secondary N) is 1. The molecule has 0 spiro atoms. The van der Waals surface area contributed by atoms with E-state index in [9.17, 15) is 19.5 Å². The molecule has 0 bridgehead atoms. The van der Waals surface area contributed by atoms with Gasteiger partial charge in [0.15, 0.2) is 0 Å². The number of nitrogens with zero attached hydrogens (tertiary/aromatic N) is 3. The molecule has 0 amide bonds. The minimum Gasteiger partial charge on any atom is -0.493 e. The normalized spacial score (nSPS) is 12.7. The van der Waals surface area contributed by atoms with Crippen molar-refractivity contribution in [3.8, 4) is 5.75 Å². The smallest absolute Gasteiger partial charge is 0.335 e. The van der Waals surface area contributed by atoms with Crippen LogP contribution in [-0.2, 0) is 17.9 Å². The Bertz CT molecular complexity index is 1380. The zero-order valence-electron chi connectivity index (χ0n) is 20.7.